The number of hydrogen-bond acceptors (Lipinski definition) is 4. The number of fused-ring (bicyclic) bond motifs is 1. The van der Waals surface area contributed by atoms with E-state index in [2.05, 4.69) is 24.1 Å². The molecule has 1 aromatic carbocycles. The van der Waals surface area contributed by atoms with E-state index < -0.39 is 9.84 Å². The third-order valence-corrected chi connectivity index (χ3v) is 7.01. The zero-order chi connectivity index (χ0) is 15.3. The molecule has 2 unspecified atom stereocenters. The van der Waals surface area contributed by atoms with Gasteiger partial charge in [0, 0.05) is 25.2 Å². The van der Waals surface area contributed by atoms with E-state index in [-0.39, 0.29) is 11.3 Å². The largest absolute Gasteiger partial charge is 0.365 e. The van der Waals surface area contributed by atoms with Gasteiger partial charge in [-0.2, -0.15) is 0 Å². The third-order valence-electron chi connectivity index (χ3n) is 5.23. The lowest BCUT2D eigenvalue weighted by atomic mass is 9.85. The second kappa shape index (κ2) is 4.99. The van der Waals surface area contributed by atoms with E-state index in [1.165, 1.54) is 0 Å². The second-order valence-electron chi connectivity index (χ2n) is 6.66. The van der Waals surface area contributed by atoms with Gasteiger partial charge in [0.1, 0.15) is 0 Å². The SMILES string of the molecule is CCS(=O)(=O)c1ccccc1N1CC2CNCC2C1(C)C. The van der Waals surface area contributed by atoms with Crippen LogP contribution in [0.1, 0.15) is 20.8 Å². The average Bonchev–Trinajstić information content (AvgIpc) is 3.01. The van der Waals surface area contributed by atoms with Crippen LogP contribution in [0.3, 0.4) is 0 Å². The molecule has 2 aliphatic rings. The summed E-state index contributed by atoms with van der Waals surface area (Å²) in [5, 5.41) is 3.46. The molecule has 21 heavy (non-hydrogen) atoms. The summed E-state index contributed by atoms with van der Waals surface area (Å²) in [7, 11) is -3.20. The molecule has 0 spiro atoms. The van der Waals surface area contributed by atoms with Gasteiger partial charge < -0.3 is 10.2 Å². The molecule has 0 radical (unpaired) electrons. The Morgan fingerprint density at radius 2 is 2.00 bits per heavy atom. The second-order valence-corrected chi connectivity index (χ2v) is 8.91. The first-order chi connectivity index (χ1) is 9.88. The quantitative estimate of drug-likeness (QED) is 0.927. The molecular formula is C16H24N2O2S. The van der Waals surface area contributed by atoms with Gasteiger partial charge in [-0.1, -0.05) is 19.1 Å². The van der Waals surface area contributed by atoms with Crippen LogP contribution < -0.4 is 10.2 Å². The lowest BCUT2D eigenvalue weighted by molar-refractivity contribution is 0.356. The van der Waals surface area contributed by atoms with Crippen molar-refractivity contribution in [3.05, 3.63) is 24.3 Å². The summed E-state index contributed by atoms with van der Waals surface area (Å²) in [6.45, 7) is 9.17. The number of hydrogen-bond donors (Lipinski definition) is 1. The summed E-state index contributed by atoms with van der Waals surface area (Å²) >= 11 is 0. The molecule has 1 N–H and O–H groups in total. The number of rotatable bonds is 3. The Kier molecular flexibility index (Phi) is 3.53. The van der Waals surface area contributed by atoms with Gasteiger partial charge in [-0.25, -0.2) is 8.42 Å². The van der Waals surface area contributed by atoms with Crippen molar-refractivity contribution in [3.8, 4) is 0 Å². The van der Waals surface area contributed by atoms with Crippen molar-refractivity contribution in [1.29, 1.82) is 0 Å². The van der Waals surface area contributed by atoms with Crippen molar-refractivity contribution >= 4 is 15.5 Å². The minimum Gasteiger partial charge on any atom is -0.365 e. The van der Waals surface area contributed by atoms with Crippen LogP contribution in [0.15, 0.2) is 29.2 Å². The van der Waals surface area contributed by atoms with E-state index in [0.29, 0.717) is 16.7 Å². The first-order valence-corrected chi connectivity index (χ1v) is 9.33. The van der Waals surface area contributed by atoms with Gasteiger partial charge >= 0.3 is 0 Å². The van der Waals surface area contributed by atoms with Gasteiger partial charge in [0.05, 0.1) is 16.3 Å². The maximum Gasteiger partial charge on any atom is 0.180 e. The van der Waals surface area contributed by atoms with E-state index in [1.807, 2.05) is 18.2 Å². The molecule has 5 heteroatoms. The first-order valence-electron chi connectivity index (χ1n) is 7.68. The number of benzene rings is 1. The monoisotopic (exact) mass is 308 g/mol. The van der Waals surface area contributed by atoms with Crippen molar-refractivity contribution in [2.45, 2.75) is 31.2 Å². The lowest BCUT2D eigenvalue weighted by Gasteiger charge is -2.38. The minimum absolute atomic E-state index is 0.0203. The number of nitrogens with zero attached hydrogens (tertiary/aromatic N) is 1. The minimum atomic E-state index is -3.20. The molecule has 116 valence electrons. The molecule has 2 atom stereocenters. The van der Waals surface area contributed by atoms with Gasteiger partial charge in [-0.05, 0) is 37.8 Å². The van der Waals surface area contributed by atoms with Crippen LogP contribution in [-0.2, 0) is 9.84 Å². The van der Waals surface area contributed by atoms with E-state index in [4.69, 9.17) is 0 Å². The van der Waals surface area contributed by atoms with Gasteiger partial charge in [-0.3, -0.25) is 0 Å². The predicted molar refractivity (Wildman–Crippen MR) is 85.4 cm³/mol. The van der Waals surface area contributed by atoms with E-state index >= 15 is 0 Å². The molecular weight excluding hydrogens is 284 g/mol. The Labute approximate surface area is 127 Å². The topological polar surface area (TPSA) is 49.4 Å². The maximum atomic E-state index is 12.4. The van der Waals surface area contributed by atoms with Crippen molar-refractivity contribution in [2.24, 2.45) is 11.8 Å². The Morgan fingerprint density at radius 1 is 1.29 bits per heavy atom. The lowest BCUT2D eigenvalue weighted by Crippen LogP contribution is -2.45. The summed E-state index contributed by atoms with van der Waals surface area (Å²) in [5.74, 6) is 1.33. The normalized spacial score (nSPS) is 27.9. The summed E-state index contributed by atoms with van der Waals surface area (Å²) in [4.78, 5) is 2.79. The first kappa shape index (κ1) is 14.9. The fourth-order valence-electron chi connectivity index (χ4n) is 3.93. The van der Waals surface area contributed by atoms with Crippen LogP contribution in [-0.4, -0.2) is 39.3 Å². The van der Waals surface area contributed by atoms with Crippen molar-refractivity contribution in [3.63, 3.8) is 0 Å². The highest BCUT2D eigenvalue weighted by Gasteiger charge is 2.50. The van der Waals surface area contributed by atoms with E-state index in [9.17, 15) is 8.42 Å². The zero-order valence-corrected chi connectivity index (χ0v) is 13.8. The average molecular weight is 308 g/mol. The predicted octanol–water partition coefficient (Wildman–Crippen LogP) is 1.91. The molecule has 3 rings (SSSR count). The van der Waals surface area contributed by atoms with Crippen LogP contribution >= 0.6 is 0 Å². The van der Waals surface area contributed by atoms with E-state index in [1.54, 1.807) is 13.0 Å². The summed E-state index contributed by atoms with van der Waals surface area (Å²) in [6.07, 6.45) is 0. The Hall–Kier alpha value is -1.07. The fraction of sp³-hybridized carbons (Fsp3) is 0.625. The number of sulfone groups is 1. The van der Waals surface area contributed by atoms with Gasteiger partial charge in [-0.15, -0.1) is 0 Å². The molecule has 0 aromatic heterocycles. The molecule has 2 saturated heterocycles. The number of nitrogens with one attached hydrogen (secondary N) is 1. The Balaban J connectivity index is 2.06. The molecule has 4 nitrogen and oxygen atoms in total. The Bertz CT molecular complexity index is 639. The summed E-state index contributed by atoms with van der Waals surface area (Å²) in [5.41, 5.74) is 0.854. The van der Waals surface area contributed by atoms with Crippen LogP contribution in [0.4, 0.5) is 5.69 Å². The highest BCUT2D eigenvalue weighted by molar-refractivity contribution is 7.91. The molecule has 1 aromatic rings. The number of anilines is 1. The fourth-order valence-corrected chi connectivity index (χ4v) is 5.02. The van der Waals surface area contributed by atoms with Gasteiger partial charge in [0.25, 0.3) is 0 Å². The van der Waals surface area contributed by atoms with Crippen molar-refractivity contribution < 1.29 is 8.42 Å². The highest BCUT2D eigenvalue weighted by Crippen LogP contribution is 2.44. The molecule has 2 aliphatic heterocycles. The standard InChI is InChI=1S/C16H24N2O2S/c1-4-21(19,20)15-8-6-5-7-14(15)18-11-12-9-17-10-13(12)16(18,2)3/h5-8,12-13,17H,4,9-11H2,1-3H3. The van der Waals surface area contributed by atoms with Crippen molar-refractivity contribution in [1.82, 2.24) is 5.32 Å². The zero-order valence-electron chi connectivity index (χ0n) is 13.0. The molecule has 2 heterocycles. The van der Waals surface area contributed by atoms with E-state index in [0.717, 1.165) is 25.3 Å². The maximum absolute atomic E-state index is 12.4. The third kappa shape index (κ3) is 2.27. The summed E-state index contributed by atoms with van der Waals surface area (Å²) < 4.78 is 24.8. The Morgan fingerprint density at radius 3 is 2.67 bits per heavy atom. The van der Waals surface area contributed by atoms with Crippen LogP contribution in [0.2, 0.25) is 0 Å². The highest BCUT2D eigenvalue weighted by atomic mass is 32.2. The smallest absolute Gasteiger partial charge is 0.180 e. The van der Waals surface area contributed by atoms with Crippen molar-refractivity contribution in [2.75, 3.05) is 30.3 Å². The summed E-state index contributed by atoms with van der Waals surface area (Å²) in [6, 6.07) is 7.46. The molecule has 0 bridgehead atoms. The van der Waals surface area contributed by atoms with Gasteiger partial charge in [0.15, 0.2) is 9.84 Å². The van der Waals surface area contributed by atoms with Crippen LogP contribution in [0, 0.1) is 11.8 Å². The van der Waals surface area contributed by atoms with Crippen LogP contribution in [0.25, 0.3) is 0 Å². The molecule has 0 amide bonds. The van der Waals surface area contributed by atoms with Crippen LogP contribution in [0.5, 0.6) is 0 Å². The number of para-hydroxylation sites is 1. The van der Waals surface area contributed by atoms with Gasteiger partial charge in [0.2, 0.25) is 0 Å². The molecule has 2 fully saturated rings. The molecule has 0 aliphatic carbocycles. The molecule has 0 saturated carbocycles.